The summed E-state index contributed by atoms with van der Waals surface area (Å²) in [5.41, 5.74) is 5.27. The zero-order valence-electron chi connectivity index (χ0n) is 25.3. The molecule has 3 aromatic carbocycles. The van der Waals surface area contributed by atoms with Gasteiger partial charge in [-0.15, -0.1) is 0 Å². The molecule has 9 heteroatoms. The maximum absolute atomic E-state index is 11.1. The topological polar surface area (TPSA) is 98.7 Å². The molecule has 1 unspecified atom stereocenters. The van der Waals surface area contributed by atoms with E-state index in [0.29, 0.717) is 41.7 Å². The van der Waals surface area contributed by atoms with E-state index < -0.39 is 11.9 Å². The standard InChI is InChI=1S/C32H42N2O7/c1-9-20-15-25(38-5)31(26(16-20)39-6)30(23-13-12-21(33-2)17-24(23)37-4)32-27(40-7)18-22(19-28(32)41-8)34(3)14-10-11-29(35)36/h12-13,15-19,30,33H,9-11,14H2,1-8H3,(H,35,36). The van der Waals surface area contributed by atoms with E-state index in [4.69, 9.17) is 28.8 Å². The monoisotopic (exact) mass is 566 g/mol. The van der Waals surface area contributed by atoms with E-state index in [-0.39, 0.29) is 6.42 Å². The average molecular weight is 567 g/mol. The number of hydrogen-bond acceptors (Lipinski definition) is 8. The fourth-order valence-corrected chi connectivity index (χ4v) is 5.07. The van der Waals surface area contributed by atoms with Gasteiger partial charge in [0, 0.05) is 73.3 Å². The van der Waals surface area contributed by atoms with E-state index in [1.165, 1.54) is 0 Å². The summed E-state index contributed by atoms with van der Waals surface area (Å²) in [4.78, 5) is 13.0. The Morgan fingerprint density at radius 2 is 1.34 bits per heavy atom. The van der Waals surface area contributed by atoms with Crippen molar-refractivity contribution in [2.45, 2.75) is 32.1 Å². The Morgan fingerprint density at radius 3 is 1.78 bits per heavy atom. The molecule has 41 heavy (non-hydrogen) atoms. The first-order valence-corrected chi connectivity index (χ1v) is 13.6. The van der Waals surface area contributed by atoms with Crippen LogP contribution in [0.5, 0.6) is 28.7 Å². The van der Waals surface area contributed by atoms with Crippen molar-refractivity contribution in [3.05, 3.63) is 64.7 Å². The molecule has 0 fully saturated rings. The van der Waals surface area contributed by atoms with Crippen LogP contribution < -0.4 is 33.9 Å². The highest BCUT2D eigenvalue weighted by molar-refractivity contribution is 5.70. The van der Waals surface area contributed by atoms with E-state index >= 15 is 0 Å². The molecule has 0 bridgehead atoms. The zero-order chi connectivity index (χ0) is 30.1. The third-order valence-corrected chi connectivity index (χ3v) is 7.28. The van der Waals surface area contributed by atoms with Crippen LogP contribution in [0.15, 0.2) is 42.5 Å². The van der Waals surface area contributed by atoms with Crippen LogP contribution in [0.25, 0.3) is 0 Å². The lowest BCUT2D eigenvalue weighted by Gasteiger charge is -2.29. The first-order chi connectivity index (χ1) is 19.8. The number of hydrogen-bond donors (Lipinski definition) is 2. The summed E-state index contributed by atoms with van der Waals surface area (Å²) in [6.07, 6.45) is 1.41. The predicted molar refractivity (Wildman–Crippen MR) is 162 cm³/mol. The van der Waals surface area contributed by atoms with Crippen LogP contribution in [-0.4, -0.2) is 67.3 Å². The maximum atomic E-state index is 11.1. The quantitative estimate of drug-likeness (QED) is 0.221. The molecule has 0 saturated carbocycles. The van der Waals surface area contributed by atoms with E-state index in [1.807, 2.05) is 61.5 Å². The number of benzene rings is 3. The molecule has 2 N–H and O–H groups in total. The van der Waals surface area contributed by atoms with Gasteiger partial charge in [-0.1, -0.05) is 13.0 Å². The number of aryl methyl sites for hydroxylation is 1. The zero-order valence-corrected chi connectivity index (χ0v) is 25.3. The minimum Gasteiger partial charge on any atom is -0.496 e. The molecular formula is C32H42N2O7. The van der Waals surface area contributed by atoms with Crippen LogP contribution in [0.1, 0.15) is 47.9 Å². The summed E-state index contributed by atoms with van der Waals surface area (Å²) >= 11 is 0. The van der Waals surface area contributed by atoms with Crippen LogP contribution in [-0.2, 0) is 11.2 Å². The number of ether oxygens (including phenoxy) is 5. The number of carboxylic acid groups (broad SMARTS) is 1. The van der Waals surface area contributed by atoms with Gasteiger partial charge in [0.2, 0.25) is 0 Å². The summed E-state index contributed by atoms with van der Waals surface area (Å²) in [5.74, 6) is 1.92. The van der Waals surface area contributed by atoms with Crippen molar-refractivity contribution in [2.75, 3.05) is 66.4 Å². The third-order valence-electron chi connectivity index (χ3n) is 7.28. The number of anilines is 2. The SMILES string of the molecule is CCc1cc(OC)c(C(c2ccc(NC)cc2OC)c2c(OC)cc(N(C)CCCC(=O)O)cc2OC)c(OC)c1. The molecular weight excluding hydrogens is 524 g/mol. The second-order valence-corrected chi connectivity index (χ2v) is 9.59. The molecule has 0 spiro atoms. The van der Waals surface area contributed by atoms with Gasteiger partial charge in [-0.2, -0.15) is 0 Å². The van der Waals surface area contributed by atoms with Gasteiger partial charge in [-0.25, -0.2) is 0 Å². The third kappa shape index (κ3) is 6.90. The van der Waals surface area contributed by atoms with Gasteiger partial charge in [0.05, 0.1) is 41.5 Å². The van der Waals surface area contributed by atoms with Crippen molar-refractivity contribution in [3.8, 4) is 28.7 Å². The van der Waals surface area contributed by atoms with Gasteiger partial charge in [0.25, 0.3) is 0 Å². The summed E-state index contributed by atoms with van der Waals surface area (Å²) < 4.78 is 29.9. The first kappa shape index (κ1) is 31.3. The number of aliphatic carboxylic acids is 1. The van der Waals surface area contributed by atoms with Crippen molar-refractivity contribution in [1.29, 1.82) is 0 Å². The normalized spacial score (nSPS) is 11.4. The van der Waals surface area contributed by atoms with Crippen LogP contribution >= 0.6 is 0 Å². The van der Waals surface area contributed by atoms with E-state index in [2.05, 4.69) is 12.2 Å². The van der Waals surface area contributed by atoms with Crippen molar-refractivity contribution in [2.24, 2.45) is 0 Å². The Kier molecular flexibility index (Phi) is 11.0. The van der Waals surface area contributed by atoms with Crippen molar-refractivity contribution in [3.63, 3.8) is 0 Å². The Bertz CT molecular complexity index is 1290. The molecule has 1 atom stereocenters. The Morgan fingerprint density at radius 1 is 0.829 bits per heavy atom. The molecule has 0 aliphatic carbocycles. The molecule has 0 aromatic heterocycles. The molecule has 0 saturated heterocycles. The molecule has 0 radical (unpaired) electrons. The Labute approximate surface area is 242 Å². The summed E-state index contributed by atoms with van der Waals surface area (Å²) in [6.45, 7) is 2.64. The summed E-state index contributed by atoms with van der Waals surface area (Å²) in [6, 6.07) is 13.9. The smallest absolute Gasteiger partial charge is 0.303 e. The lowest BCUT2D eigenvalue weighted by Crippen LogP contribution is -2.20. The molecule has 3 aromatic rings. The second kappa shape index (κ2) is 14.4. The van der Waals surface area contributed by atoms with Gasteiger partial charge in [-0.3, -0.25) is 4.79 Å². The highest BCUT2D eigenvalue weighted by Gasteiger charge is 2.33. The lowest BCUT2D eigenvalue weighted by molar-refractivity contribution is -0.137. The fraction of sp³-hybridized carbons (Fsp3) is 0.406. The highest BCUT2D eigenvalue weighted by Crippen LogP contribution is 2.52. The minimum absolute atomic E-state index is 0.0918. The Balaban J connectivity index is 2.37. The average Bonchev–Trinajstić information content (AvgIpc) is 3.00. The first-order valence-electron chi connectivity index (χ1n) is 13.6. The fourth-order valence-electron chi connectivity index (χ4n) is 5.07. The van der Waals surface area contributed by atoms with E-state index in [0.717, 1.165) is 40.0 Å². The maximum Gasteiger partial charge on any atom is 0.303 e. The molecule has 0 aliphatic heterocycles. The molecule has 9 nitrogen and oxygen atoms in total. The number of carboxylic acids is 1. The second-order valence-electron chi connectivity index (χ2n) is 9.59. The molecule has 3 rings (SSSR count). The molecule has 0 heterocycles. The summed E-state index contributed by atoms with van der Waals surface area (Å²) in [7, 11) is 12.0. The van der Waals surface area contributed by atoms with Crippen molar-refractivity contribution < 1.29 is 33.6 Å². The largest absolute Gasteiger partial charge is 0.496 e. The molecule has 0 aliphatic rings. The van der Waals surface area contributed by atoms with Crippen LogP contribution in [0.3, 0.4) is 0 Å². The summed E-state index contributed by atoms with van der Waals surface area (Å²) in [5, 5.41) is 12.3. The number of carbonyl (C=O) groups is 1. The van der Waals surface area contributed by atoms with Crippen LogP contribution in [0.4, 0.5) is 11.4 Å². The van der Waals surface area contributed by atoms with Gasteiger partial charge in [0.15, 0.2) is 0 Å². The lowest BCUT2D eigenvalue weighted by atomic mass is 9.81. The predicted octanol–water partition coefficient (Wildman–Crippen LogP) is 5.81. The molecule has 222 valence electrons. The number of nitrogens with zero attached hydrogens (tertiary/aromatic N) is 1. The van der Waals surface area contributed by atoms with Gasteiger partial charge in [-0.05, 0) is 36.6 Å². The van der Waals surface area contributed by atoms with E-state index in [1.54, 1.807) is 35.5 Å². The van der Waals surface area contributed by atoms with Gasteiger partial charge in [0.1, 0.15) is 28.7 Å². The minimum atomic E-state index is -0.818. The number of nitrogens with one attached hydrogen (secondary N) is 1. The van der Waals surface area contributed by atoms with E-state index in [9.17, 15) is 4.79 Å². The van der Waals surface area contributed by atoms with Crippen molar-refractivity contribution >= 4 is 17.3 Å². The van der Waals surface area contributed by atoms with Crippen LogP contribution in [0, 0.1) is 0 Å². The number of rotatable bonds is 15. The van der Waals surface area contributed by atoms with Crippen molar-refractivity contribution in [1.82, 2.24) is 0 Å². The van der Waals surface area contributed by atoms with Gasteiger partial charge < -0.3 is 39.0 Å². The highest BCUT2D eigenvalue weighted by atomic mass is 16.5. The molecule has 0 amide bonds. The Hall–Kier alpha value is -4.27. The van der Waals surface area contributed by atoms with Gasteiger partial charge >= 0.3 is 5.97 Å². The van der Waals surface area contributed by atoms with Crippen LogP contribution in [0.2, 0.25) is 0 Å². The number of methoxy groups -OCH3 is 5.